The Hall–Kier alpha value is -2.36. The summed E-state index contributed by atoms with van der Waals surface area (Å²) >= 11 is 7.16. The fourth-order valence-electron chi connectivity index (χ4n) is 3.26. The molecule has 10 heteroatoms. The summed E-state index contributed by atoms with van der Waals surface area (Å²) < 4.78 is 25.9. The molecule has 29 heavy (non-hydrogen) atoms. The van der Waals surface area contributed by atoms with Crippen LogP contribution in [0.5, 0.6) is 0 Å². The second-order valence-electron chi connectivity index (χ2n) is 6.83. The summed E-state index contributed by atoms with van der Waals surface area (Å²) in [5, 5.41) is 1.000. The molecular weight excluding hydrogens is 432 g/mol. The van der Waals surface area contributed by atoms with Crippen LogP contribution in [0.15, 0.2) is 42.5 Å². The molecule has 2 heterocycles. The normalized spacial score (nSPS) is 15.0. The number of fused-ring (bicyclic) bond motifs is 1. The van der Waals surface area contributed by atoms with E-state index in [1.807, 2.05) is 29.2 Å². The van der Waals surface area contributed by atoms with Crippen molar-refractivity contribution in [2.45, 2.75) is 0 Å². The largest absolute Gasteiger partial charge is 0.368 e. The van der Waals surface area contributed by atoms with E-state index in [1.54, 1.807) is 18.2 Å². The molecule has 3 aromatic rings. The number of halogens is 1. The number of carbonyl (C=O) groups is 1. The first kappa shape index (κ1) is 19.9. The third kappa shape index (κ3) is 4.63. The van der Waals surface area contributed by atoms with Crippen molar-refractivity contribution in [3.63, 3.8) is 0 Å². The van der Waals surface area contributed by atoms with Crippen molar-refractivity contribution in [2.75, 3.05) is 42.1 Å². The molecule has 152 valence electrons. The molecular formula is C19H19ClN4O3S2. The molecule has 1 fully saturated rings. The van der Waals surface area contributed by atoms with Gasteiger partial charge in [-0.15, -0.1) is 0 Å². The van der Waals surface area contributed by atoms with Gasteiger partial charge in [-0.2, -0.15) is 0 Å². The van der Waals surface area contributed by atoms with Crippen LogP contribution in [0.4, 0.5) is 10.8 Å². The minimum Gasteiger partial charge on any atom is -0.368 e. The maximum absolute atomic E-state index is 12.9. The van der Waals surface area contributed by atoms with Crippen LogP contribution >= 0.6 is 22.9 Å². The minimum absolute atomic E-state index is 0.0336. The molecule has 0 unspecified atom stereocenters. The number of benzene rings is 2. The van der Waals surface area contributed by atoms with Crippen LogP contribution in [-0.2, 0) is 10.0 Å². The van der Waals surface area contributed by atoms with E-state index in [4.69, 9.17) is 11.6 Å². The van der Waals surface area contributed by atoms with Crippen molar-refractivity contribution in [3.05, 3.63) is 53.1 Å². The van der Waals surface area contributed by atoms with Gasteiger partial charge in [0.1, 0.15) is 0 Å². The fourth-order valence-corrected chi connectivity index (χ4v) is 5.13. The van der Waals surface area contributed by atoms with E-state index in [2.05, 4.69) is 14.6 Å². The number of hydrogen-bond donors (Lipinski definition) is 1. The van der Waals surface area contributed by atoms with Crippen molar-refractivity contribution in [1.29, 1.82) is 0 Å². The van der Waals surface area contributed by atoms with Gasteiger partial charge in [0.25, 0.3) is 5.91 Å². The second-order valence-corrected chi connectivity index (χ2v) is 10.0. The zero-order valence-electron chi connectivity index (χ0n) is 15.6. The fraction of sp³-hybridized carbons (Fsp3) is 0.263. The lowest BCUT2D eigenvalue weighted by Crippen LogP contribution is -2.48. The molecule has 0 radical (unpaired) electrons. The van der Waals surface area contributed by atoms with Gasteiger partial charge in [-0.05, 0) is 42.5 Å². The van der Waals surface area contributed by atoms with Gasteiger partial charge in [0.2, 0.25) is 10.0 Å². The Morgan fingerprint density at radius 2 is 1.79 bits per heavy atom. The zero-order chi connectivity index (χ0) is 20.6. The lowest BCUT2D eigenvalue weighted by Gasteiger charge is -2.36. The Balaban J connectivity index is 1.45. The van der Waals surface area contributed by atoms with Crippen molar-refractivity contribution in [2.24, 2.45) is 0 Å². The molecule has 1 N–H and O–H groups in total. The van der Waals surface area contributed by atoms with Crippen LogP contribution in [0.25, 0.3) is 10.2 Å². The summed E-state index contributed by atoms with van der Waals surface area (Å²) in [6.45, 7) is 2.75. The Morgan fingerprint density at radius 1 is 1.10 bits per heavy atom. The number of piperazine rings is 1. The molecule has 2 aromatic carbocycles. The van der Waals surface area contributed by atoms with E-state index in [1.165, 1.54) is 11.3 Å². The van der Waals surface area contributed by atoms with E-state index in [9.17, 15) is 13.2 Å². The quantitative estimate of drug-likeness (QED) is 0.659. The molecule has 1 saturated heterocycles. The van der Waals surface area contributed by atoms with Gasteiger partial charge in [-0.3, -0.25) is 9.52 Å². The van der Waals surface area contributed by atoms with Crippen molar-refractivity contribution >= 4 is 59.9 Å². The number of aromatic nitrogens is 1. The summed E-state index contributed by atoms with van der Waals surface area (Å²) in [5.74, 6) is -0.0336. The van der Waals surface area contributed by atoms with E-state index in [0.29, 0.717) is 34.3 Å². The topological polar surface area (TPSA) is 82.6 Å². The molecule has 7 nitrogen and oxygen atoms in total. The highest BCUT2D eigenvalue weighted by molar-refractivity contribution is 7.92. The van der Waals surface area contributed by atoms with Gasteiger partial charge in [0, 0.05) is 42.5 Å². The van der Waals surface area contributed by atoms with Crippen LogP contribution in [0.3, 0.4) is 0 Å². The summed E-state index contributed by atoms with van der Waals surface area (Å²) in [6.07, 6.45) is 1.08. The average Bonchev–Trinajstić information content (AvgIpc) is 3.07. The second kappa shape index (κ2) is 7.81. The summed E-state index contributed by atoms with van der Waals surface area (Å²) in [7, 11) is -3.39. The number of thiazole rings is 1. The lowest BCUT2D eigenvalue weighted by molar-refractivity contribution is 0.0747. The summed E-state index contributed by atoms with van der Waals surface area (Å²) in [5.41, 5.74) is 2.33. The highest BCUT2D eigenvalue weighted by atomic mass is 35.5. The monoisotopic (exact) mass is 450 g/mol. The molecule has 0 aliphatic carbocycles. The Bertz CT molecular complexity index is 1150. The SMILES string of the molecule is CS(=O)(=O)Nc1nc2ccc(C(=O)N3CCN(c4ccc(Cl)cc4)CC3)cc2s1. The first-order valence-electron chi connectivity index (χ1n) is 8.97. The number of sulfonamides is 1. The highest BCUT2D eigenvalue weighted by Crippen LogP contribution is 2.28. The van der Waals surface area contributed by atoms with E-state index < -0.39 is 10.0 Å². The van der Waals surface area contributed by atoms with Crippen molar-refractivity contribution in [3.8, 4) is 0 Å². The van der Waals surface area contributed by atoms with Crippen LogP contribution in [0, 0.1) is 0 Å². The van der Waals surface area contributed by atoms with Crippen LogP contribution in [0.2, 0.25) is 5.02 Å². The maximum Gasteiger partial charge on any atom is 0.254 e. The van der Waals surface area contributed by atoms with Crippen LogP contribution in [-0.4, -0.2) is 56.6 Å². The predicted octanol–water partition coefficient (Wildman–Crippen LogP) is 3.28. The Labute approximate surface area is 178 Å². The van der Waals surface area contributed by atoms with E-state index in [0.717, 1.165) is 29.7 Å². The molecule has 0 bridgehead atoms. The van der Waals surface area contributed by atoms with Crippen LogP contribution < -0.4 is 9.62 Å². The molecule has 0 saturated carbocycles. The van der Waals surface area contributed by atoms with Crippen molar-refractivity contribution in [1.82, 2.24) is 9.88 Å². The first-order chi connectivity index (χ1) is 13.8. The van der Waals surface area contributed by atoms with E-state index >= 15 is 0 Å². The van der Waals surface area contributed by atoms with Crippen LogP contribution in [0.1, 0.15) is 10.4 Å². The number of anilines is 2. The van der Waals surface area contributed by atoms with Gasteiger partial charge in [0.15, 0.2) is 5.13 Å². The standard InChI is InChI=1S/C19H19ClN4O3S2/c1-29(26,27)22-19-21-16-7-2-13(12-17(16)28-19)18(25)24-10-8-23(9-11-24)15-5-3-14(20)4-6-15/h2-7,12H,8-11H2,1H3,(H,21,22). The van der Waals surface area contributed by atoms with E-state index in [-0.39, 0.29) is 5.91 Å². The number of nitrogens with zero attached hydrogens (tertiary/aromatic N) is 3. The third-order valence-corrected chi connectivity index (χ3v) is 6.55. The maximum atomic E-state index is 12.9. The summed E-state index contributed by atoms with van der Waals surface area (Å²) in [4.78, 5) is 21.2. The molecule has 1 aromatic heterocycles. The molecule has 1 aliphatic rings. The van der Waals surface area contributed by atoms with Crippen molar-refractivity contribution < 1.29 is 13.2 Å². The smallest absolute Gasteiger partial charge is 0.254 e. The Kier molecular flexibility index (Phi) is 5.37. The molecule has 0 spiro atoms. The van der Waals surface area contributed by atoms with Gasteiger partial charge < -0.3 is 9.80 Å². The molecule has 0 atom stereocenters. The number of nitrogens with one attached hydrogen (secondary N) is 1. The van der Waals surface area contributed by atoms with Gasteiger partial charge in [-0.1, -0.05) is 22.9 Å². The minimum atomic E-state index is -3.39. The zero-order valence-corrected chi connectivity index (χ0v) is 18.0. The summed E-state index contributed by atoms with van der Waals surface area (Å²) in [6, 6.07) is 13.0. The molecule has 1 aliphatic heterocycles. The number of hydrogen-bond acceptors (Lipinski definition) is 6. The van der Waals surface area contributed by atoms with Gasteiger partial charge >= 0.3 is 0 Å². The highest BCUT2D eigenvalue weighted by Gasteiger charge is 2.23. The molecule has 4 rings (SSSR count). The third-order valence-electron chi connectivity index (χ3n) is 4.67. The number of amides is 1. The number of rotatable bonds is 4. The predicted molar refractivity (Wildman–Crippen MR) is 118 cm³/mol. The average molecular weight is 451 g/mol. The van der Waals surface area contributed by atoms with Gasteiger partial charge in [0.05, 0.1) is 16.5 Å². The molecule has 1 amide bonds. The van der Waals surface area contributed by atoms with Gasteiger partial charge in [-0.25, -0.2) is 13.4 Å². The number of carbonyl (C=O) groups excluding carboxylic acids is 1. The first-order valence-corrected chi connectivity index (χ1v) is 12.1. The Morgan fingerprint density at radius 3 is 2.45 bits per heavy atom. The lowest BCUT2D eigenvalue weighted by atomic mass is 10.1.